The quantitative estimate of drug-likeness (QED) is 0.918. The number of benzene rings is 1. The Hall–Kier alpha value is -1.14. The third kappa shape index (κ3) is 2.76. The van der Waals surface area contributed by atoms with Crippen molar-refractivity contribution in [2.24, 2.45) is 0 Å². The fourth-order valence-corrected chi connectivity index (χ4v) is 1.64. The highest BCUT2D eigenvalue weighted by Gasteiger charge is 2.41. The van der Waals surface area contributed by atoms with Crippen LogP contribution in [-0.2, 0) is 0 Å². The number of halogens is 4. The maximum Gasteiger partial charge on any atom is 0.418 e. The van der Waals surface area contributed by atoms with Crippen molar-refractivity contribution in [1.29, 1.82) is 0 Å². The molecule has 0 spiro atoms. The number of alkyl halides is 3. The number of hydrogen-bond acceptors (Lipinski definition) is 3. The summed E-state index contributed by atoms with van der Waals surface area (Å²) in [5.41, 5.74) is -0.453. The first kappa shape index (κ1) is 13.9. The number of methoxy groups -OCH3 is 2. The van der Waals surface area contributed by atoms with Gasteiger partial charge in [-0.2, -0.15) is 13.2 Å². The lowest BCUT2D eigenvalue weighted by Crippen LogP contribution is -2.20. The molecule has 3 nitrogen and oxygen atoms in total. The monoisotopic (exact) mass is 270 g/mol. The molecule has 0 aliphatic heterocycles. The van der Waals surface area contributed by atoms with Gasteiger partial charge in [-0.3, -0.25) is 0 Å². The number of aliphatic hydroxyl groups is 1. The molecule has 0 aromatic heterocycles. The molecule has 1 rings (SSSR count). The molecule has 0 saturated heterocycles. The molecule has 0 fully saturated rings. The number of rotatable bonds is 3. The van der Waals surface area contributed by atoms with Crippen molar-refractivity contribution < 1.29 is 27.8 Å². The zero-order valence-corrected chi connectivity index (χ0v) is 9.76. The van der Waals surface area contributed by atoms with Crippen LogP contribution in [0.3, 0.4) is 0 Å². The number of ether oxygens (including phenoxy) is 2. The summed E-state index contributed by atoms with van der Waals surface area (Å²) in [4.78, 5) is 0. The lowest BCUT2D eigenvalue weighted by molar-refractivity contribution is -0.207. The Labute approximate surface area is 101 Å². The molecule has 1 atom stereocenters. The standard InChI is InChI=1S/C10H10ClF3O3/c1-16-6-4-3-5(8(17-2)7(6)11)9(15)10(12,13)14/h3-4,9,15H,1-2H3. The Morgan fingerprint density at radius 1 is 1.24 bits per heavy atom. The van der Waals surface area contributed by atoms with E-state index in [1.807, 2.05) is 0 Å². The zero-order chi connectivity index (χ0) is 13.2. The second kappa shape index (κ2) is 5.01. The Bertz CT molecular complexity index is 407. The Morgan fingerprint density at radius 2 is 1.82 bits per heavy atom. The van der Waals surface area contributed by atoms with E-state index < -0.39 is 17.8 Å². The minimum atomic E-state index is -4.79. The van der Waals surface area contributed by atoms with E-state index in [0.29, 0.717) is 0 Å². The van der Waals surface area contributed by atoms with E-state index in [4.69, 9.17) is 26.2 Å². The minimum Gasteiger partial charge on any atom is -0.495 e. The second-order valence-corrected chi connectivity index (χ2v) is 3.53. The molecule has 1 N–H and O–H groups in total. The van der Waals surface area contributed by atoms with Crippen molar-refractivity contribution in [3.05, 3.63) is 22.7 Å². The van der Waals surface area contributed by atoms with Crippen LogP contribution < -0.4 is 9.47 Å². The number of hydrogen-bond donors (Lipinski definition) is 1. The smallest absolute Gasteiger partial charge is 0.418 e. The van der Waals surface area contributed by atoms with Gasteiger partial charge in [-0.05, 0) is 12.1 Å². The summed E-state index contributed by atoms with van der Waals surface area (Å²) < 4.78 is 46.8. The fraction of sp³-hybridized carbons (Fsp3) is 0.400. The molecule has 0 saturated carbocycles. The highest BCUT2D eigenvalue weighted by Crippen LogP contribution is 2.43. The molecule has 0 radical (unpaired) electrons. The van der Waals surface area contributed by atoms with Crippen molar-refractivity contribution in [1.82, 2.24) is 0 Å². The van der Waals surface area contributed by atoms with Crippen LogP contribution >= 0.6 is 11.6 Å². The molecule has 1 aromatic rings. The summed E-state index contributed by atoms with van der Waals surface area (Å²) in [5.74, 6) is -0.0857. The third-order valence-corrected chi connectivity index (χ3v) is 2.48. The van der Waals surface area contributed by atoms with Gasteiger partial charge in [0.15, 0.2) is 6.10 Å². The van der Waals surface area contributed by atoms with Crippen molar-refractivity contribution in [2.75, 3.05) is 14.2 Å². The Morgan fingerprint density at radius 3 is 2.24 bits per heavy atom. The molecule has 0 amide bonds. The van der Waals surface area contributed by atoms with Crippen LogP contribution in [0.4, 0.5) is 13.2 Å². The van der Waals surface area contributed by atoms with Crippen LogP contribution in [0.15, 0.2) is 12.1 Å². The average molecular weight is 271 g/mol. The van der Waals surface area contributed by atoms with E-state index in [2.05, 4.69) is 0 Å². The summed E-state index contributed by atoms with van der Waals surface area (Å²) in [5, 5.41) is 9.04. The van der Waals surface area contributed by atoms with Gasteiger partial charge in [0.05, 0.1) is 14.2 Å². The second-order valence-electron chi connectivity index (χ2n) is 3.15. The highest BCUT2D eigenvalue weighted by atomic mass is 35.5. The molecule has 0 aliphatic carbocycles. The largest absolute Gasteiger partial charge is 0.495 e. The molecular formula is C10H10ClF3O3. The molecule has 96 valence electrons. The van der Waals surface area contributed by atoms with Gasteiger partial charge in [0.2, 0.25) is 0 Å². The third-order valence-electron chi connectivity index (χ3n) is 2.12. The van der Waals surface area contributed by atoms with Crippen molar-refractivity contribution >= 4 is 11.6 Å². The summed E-state index contributed by atoms with van der Waals surface area (Å²) >= 11 is 5.78. The molecule has 0 aliphatic rings. The van der Waals surface area contributed by atoms with Gasteiger partial charge in [-0.15, -0.1) is 0 Å². The van der Waals surface area contributed by atoms with Crippen LogP contribution in [0.25, 0.3) is 0 Å². The number of aliphatic hydroxyl groups excluding tert-OH is 1. The van der Waals surface area contributed by atoms with Crippen molar-refractivity contribution in [3.8, 4) is 11.5 Å². The van der Waals surface area contributed by atoms with E-state index >= 15 is 0 Å². The highest BCUT2D eigenvalue weighted by molar-refractivity contribution is 6.33. The zero-order valence-electron chi connectivity index (χ0n) is 9.01. The minimum absolute atomic E-state index is 0.115. The molecule has 17 heavy (non-hydrogen) atoms. The molecule has 1 aromatic carbocycles. The van der Waals surface area contributed by atoms with Gasteiger partial charge in [0.1, 0.15) is 16.5 Å². The molecule has 0 bridgehead atoms. The van der Waals surface area contributed by atoms with Gasteiger partial charge >= 0.3 is 6.18 Å². The normalized spacial score (nSPS) is 13.4. The summed E-state index contributed by atoms with van der Waals surface area (Å²) in [7, 11) is 2.48. The molecule has 1 unspecified atom stereocenters. The topological polar surface area (TPSA) is 38.7 Å². The van der Waals surface area contributed by atoms with Crippen molar-refractivity contribution in [3.63, 3.8) is 0 Å². The van der Waals surface area contributed by atoms with Crippen molar-refractivity contribution in [2.45, 2.75) is 12.3 Å². The SMILES string of the molecule is COc1ccc(C(O)C(F)(F)F)c(OC)c1Cl. The van der Waals surface area contributed by atoms with Crippen LogP contribution in [0, 0.1) is 0 Å². The predicted molar refractivity (Wildman–Crippen MR) is 55.6 cm³/mol. The van der Waals surface area contributed by atoms with Crippen LogP contribution in [0.1, 0.15) is 11.7 Å². The summed E-state index contributed by atoms with van der Waals surface area (Å²) in [6, 6.07) is 2.29. The first-order valence-electron chi connectivity index (χ1n) is 4.48. The first-order valence-corrected chi connectivity index (χ1v) is 4.85. The lowest BCUT2D eigenvalue weighted by Gasteiger charge is -2.19. The lowest BCUT2D eigenvalue weighted by atomic mass is 10.1. The Balaban J connectivity index is 3.31. The van der Waals surface area contributed by atoms with E-state index in [-0.39, 0.29) is 16.5 Å². The van der Waals surface area contributed by atoms with Gasteiger partial charge in [-0.1, -0.05) is 11.6 Å². The van der Waals surface area contributed by atoms with E-state index in [1.54, 1.807) is 0 Å². The fourth-order valence-electron chi connectivity index (χ4n) is 1.31. The molecule has 7 heteroatoms. The van der Waals surface area contributed by atoms with E-state index in [0.717, 1.165) is 13.2 Å². The first-order chi connectivity index (χ1) is 7.82. The van der Waals surface area contributed by atoms with E-state index in [9.17, 15) is 13.2 Å². The van der Waals surface area contributed by atoms with Crippen LogP contribution in [-0.4, -0.2) is 25.5 Å². The molecular weight excluding hydrogens is 261 g/mol. The average Bonchev–Trinajstić information content (AvgIpc) is 2.26. The van der Waals surface area contributed by atoms with Gasteiger partial charge in [0, 0.05) is 5.56 Å². The van der Waals surface area contributed by atoms with E-state index in [1.165, 1.54) is 13.2 Å². The molecule has 0 heterocycles. The summed E-state index contributed by atoms with van der Waals surface area (Å²) in [6.07, 6.45) is -7.44. The van der Waals surface area contributed by atoms with Gasteiger partial charge < -0.3 is 14.6 Å². The van der Waals surface area contributed by atoms with Gasteiger partial charge in [0.25, 0.3) is 0 Å². The Kier molecular flexibility index (Phi) is 4.11. The maximum atomic E-state index is 12.4. The van der Waals surface area contributed by atoms with Crippen LogP contribution in [0.2, 0.25) is 5.02 Å². The van der Waals surface area contributed by atoms with Crippen LogP contribution in [0.5, 0.6) is 11.5 Å². The van der Waals surface area contributed by atoms with Gasteiger partial charge in [-0.25, -0.2) is 0 Å². The maximum absolute atomic E-state index is 12.4. The summed E-state index contributed by atoms with van der Waals surface area (Å²) in [6.45, 7) is 0. The predicted octanol–water partition coefficient (Wildman–Crippen LogP) is 2.95.